The molecule has 0 saturated heterocycles. The SMILES string of the molecule is Cc1cc(Cl)ccc1Nc1ncnc(N(CC(C)C)CC(C)C)c1[N+](=O)[O-]. The Morgan fingerprint density at radius 1 is 1.19 bits per heavy atom. The third-order valence-corrected chi connectivity index (χ3v) is 4.13. The maximum Gasteiger partial charge on any atom is 0.353 e. The largest absolute Gasteiger partial charge is 0.353 e. The predicted molar refractivity (Wildman–Crippen MR) is 110 cm³/mol. The highest BCUT2D eigenvalue weighted by Gasteiger charge is 2.28. The van der Waals surface area contributed by atoms with Crippen molar-refractivity contribution in [2.75, 3.05) is 23.3 Å². The minimum Gasteiger partial charge on any atom is -0.350 e. The summed E-state index contributed by atoms with van der Waals surface area (Å²) in [5.41, 5.74) is 1.47. The van der Waals surface area contributed by atoms with Crippen LogP contribution < -0.4 is 10.2 Å². The van der Waals surface area contributed by atoms with Crippen LogP contribution in [0.2, 0.25) is 5.02 Å². The van der Waals surface area contributed by atoms with Crippen molar-refractivity contribution in [2.45, 2.75) is 34.6 Å². The first-order valence-corrected chi connectivity index (χ1v) is 9.34. The van der Waals surface area contributed by atoms with Crippen molar-refractivity contribution in [3.05, 3.63) is 45.2 Å². The second-order valence-electron chi connectivity index (χ2n) is 7.43. The lowest BCUT2D eigenvalue weighted by Gasteiger charge is -2.27. The van der Waals surface area contributed by atoms with Crippen LogP contribution in [0.15, 0.2) is 24.5 Å². The third kappa shape index (κ3) is 5.53. The van der Waals surface area contributed by atoms with Crippen molar-refractivity contribution >= 4 is 34.6 Å². The first-order valence-electron chi connectivity index (χ1n) is 8.96. The van der Waals surface area contributed by atoms with E-state index >= 15 is 0 Å². The molecule has 1 aromatic carbocycles. The van der Waals surface area contributed by atoms with E-state index in [9.17, 15) is 10.1 Å². The van der Waals surface area contributed by atoms with Crippen LogP contribution >= 0.6 is 11.6 Å². The molecule has 7 nitrogen and oxygen atoms in total. The predicted octanol–water partition coefficient (Wildman–Crippen LogP) is 5.21. The van der Waals surface area contributed by atoms with Gasteiger partial charge in [0.25, 0.3) is 0 Å². The standard InChI is InChI=1S/C19H26ClN5O2/c1-12(2)9-24(10-13(3)4)19-17(25(26)27)18(21-11-22-19)23-16-7-6-15(20)8-14(16)5/h6-8,11-13H,9-10H2,1-5H3,(H,21,22,23). The molecule has 0 aliphatic heterocycles. The number of nitrogens with zero attached hydrogens (tertiary/aromatic N) is 4. The molecule has 1 N–H and O–H groups in total. The Morgan fingerprint density at radius 2 is 1.81 bits per heavy atom. The van der Waals surface area contributed by atoms with Crippen LogP contribution in [-0.2, 0) is 0 Å². The Bertz CT molecular complexity index is 801. The molecule has 27 heavy (non-hydrogen) atoms. The summed E-state index contributed by atoms with van der Waals surface area (Å²) in [6, 6.07) is 5.31. The monoisotopic (exact) mass is 391 g/mol. The number of rotatable bonds is 8. The number of hydrogen-bond acceptors (Lipinski definition) is 6. The Balaban J connectivity index is 2.50. The van der Waals surface area contributed by atoms with Gasteiger partial charge in [0.1, 0.15) is 6.33 Å². The molecule has 0 atom stereocenters. The summed E-state index contributed by atoms with van der Waals surface area (Å²) >= 11 is 6.00. The summed E-state index contributed by atoms with van der Waals surface area (Å²) in [4.78, 5) is 21.8. The number of aromatic nitrogens is 2. The second kappa shape index (κ2) is 8.99. The zero-order valence-corrected chi connectivity index (χ0v) is 17.1. The smallest absolute Gasteiger partial charge is 0.350 e. The molecule has 0 aliphatic rings. The van der Waals surface area contributed by atoms with Crippen LogP contribution in [0.5, 0.6) is 0 Å². The number of anilines is 3. The number of benzene rings is 1. The lowest BCUT2D eigenvalue weighted by molar-refractivity contribution is -0.383. The molecular weight excluding hydrogens is 366 g/mol. The molecule has 1 aromatic heterocycles. The zero-order chi connectivity index (χ0) is 20.1. The fourth-order valence-electron chi connectivity index (χ4n) is 2.88. The second-order valence-corrected chi connectivity index (χ2v) is 7.86. The molecule has 2 rings (SSSR count). The molecular formula is C19H26ClN5O2. The van der Waals surface area contributed by atoms with Crippen molar-refractivity contribution < 1.29 is 4.92 Å². The molecule has 0 amide bonds. The third-order valence-electron chi connectivity index (χ3n) is 3.90. The Morgan fingerprint density at radius 3 is 2.33 bits per heavy atom. The van der Waals surface area contributed by atoms with E-state index in [-0.39, 0.29) is 11.5 Å². The first kappa shape index (κ1) is 20.9. The highest BCUT2D eigenvalue weighted by Crippen LogP contribution is 2.35. The summed E-state index contributed by atoms with van der Waals surface area (Å²) < 4.78 is 0. The average molecular weight is 392 g/mol. The van der Waals surface area contributed by atoms with Crippen molar-refractivity contribution in [3.8, 4) is 0 Å². The van der Waals surface area contributed by atoms with E-state index in [1.165, 1.54) is 6.33 Å². The van der Waals surface area contributed by atoms with Gasteiger partial charge in [-0.2, -0.15) is 0 Å². The highest BCUT2D eigenvalue weighted by atomic mass is 35.5. The maximum absolute atomic E-state index is 11.9. The van der Waals surface area contributed by atoms with Gasteiger partial charge >= 0.3 is 5.69 Å². The number of aryl methyl sites for hydroxylation is 1. The van der Waals surface area contributed by atoms with Gasteiger partial charge in [-0.1, -0.05) is 39.3 Å². The number of nitro groups is 1. The van der Waals surface area contributed by atoms with Gasteiger partial charge < -0.3 is 10.2 Å². The molecule has 0 fully saturated rings. The molecule has 8 heteroatoms. The van der Waals surface area contributed by atoms with Crippen molar-refractivity contribution in [2.24, 2.45) is 11.8 Å². The molecule has 0 bridgehead atoms. The van der Waals surface area contributed by atoms with Crippen LogP contribution in [0.4, 0.5) is 23.0 Å². The van der Waals surface area contributed by atoms with E-state index in [1.807, 2.05) is 11.8 Å². The van der Waals surface area contributed by atoms with E-state index in [0.29, 0.717) is 41.5 Å². The van der Waals surface area contributed by atoms with E-state index in [4.69, 9.17) is 11.6 Å². The van der Waals surface area contributed by atoms with Crippen LogP contribution in [0.25, 0.3) is 0 Å². The molecule has 0 saturated carbocycles. The zero-order valence-electron chi connectivity index (χ0n) is 16.4. The average Bonchev–Trinajstić information content (AvgIpc) is 2.55. The van der Waals surface area contributed by atoms with Crippen LogP contribution in [0.3, 0.4) is 0 Å². The quantitative estimate of drug-likeness (QED) is 0.491. The van der Waals surface area contributed by atoms with Crippen LogP contribution in [0, 0.1) is 28.9 Å². The Kier molecular flexibility index (Phi) is 6.96. The van der Waals surface area contributed by atoms with Crippen molar-refractivity contribution in [3.63, 3.8) is 0 Å². The highest BCUT2D eigenvalue weighted by molar-refractivity contribution is 6.30. The van der Waals surface area contributed by atoms with Crippen LogP contribution in [0.1, 0.15) is 33.3 Å². The van der Waals surface area contributed by atoms with Gasteiger partial charge in [-0.05, 0) is 42.5 Å². The first-order chi connectivity index (χ1) is 12.7. The van der Waals surface area contributed by atoms with Gasteiger partial charge in [0.05, 0.1) is 4.92 Å². The molecule has 2 aromatic rings. The molecule has 1 heterocycles. The Labute approximate surface area is 164 Å². The van der Waals surface area contributed by atoms with E-state index in [0.717, 1.165) is 5.56 Å². The molecule has 0 spiro atoms. The normalized spacial score (nSPS) is 11.1. The van der Waals surface area contributed by atoms with Crippen molar-refractivity contribution in [1.82, 2.24) is 9.97 Å². The fraction of sp³-hybridized carbons (Fsp3) is 0.474. The topological polar surface area (TPSA) is 84.2 Å². The van der Waals surface area contributed by atoms with E-state index in [1.54, 1.807) is 18.2 Å². The fourth-order valence-corrected chi connectivity index (χ4v) is 3.11. The molecule has 146 valence electrons. The summed E-state index contributed by atoms with van der Waals surface area (Å²) in [5.74, 6) is 1.20. The maximum atomic E-state index is 11.9. The lowest BCUT2D eigenvalue weighted by Crippen LogP contribution is -2.32. The van der Waals surface area contributed by atoms with Gasteiger partial charge in [-0.15, -0.1) is 0 Å². The lowest BCUT2D eigenvalue weighted by atomic mass is 10.1. The molecule has 0 aliphatic carbocycles. The summed E-state index contributed by atoms with van der Waals surface area (Å²) in [5, 5.41) is 15.6. The minimum atomic E-state index is -0.420. The molecule has 0 unspecified atom stereocenters. The summed E-state index contributed by atoms with van der Waals surface area (Å²) in [6.45, 7) is 11.6. The number of halogens is 1. The minimum absolute atomic E-state index is 0.117. The van der Waals surface area contributed by atoms with Crippen LogP contribution in [-0.4, -0.2) is 28.0 Å². The van der Waals surface area contributed by atoms with Crippen molar-refractivity contribution in [1.29, 1.82) is 0 Å². The number of hydrogen-bond donors (Lipinski definition) is 1. The summed E-state index contributed by atoms with van der Waals surface area (Å²) in [7, 11) is 0. The molecule has 0 radical (unpaired) electrons. The van der Waals surface area contributed by atoms with Gasteiger partial charge in [0.2, 0.25) is 11.6 Å². The number of nitrogens with one attached hydrogen (secondary N) is 1. The van der Waals surface area contributed by atoms with Gasteiger partial charge in [0, 0.05) is 23.8 Å². The van der Waals surface area contributed by atoms with Gasteiger partial charge in [-0.25, -0.2) is 9.97 Å². The van der Waals surface area contributed by atoms with E-state index in [2.05, 4.69) is 43.0 Å². The van der Waals surface area contributed by atoms with Gasteiger partial charge in [0.15, 0.2) is 0 Å². The van der Waals surface area contributed by atoms with E-state index < -0.39 is 4.92 Å². The van der Waals surface area contributed by atoms with Gasteiger partial charge in [-0.3, -0.25) is 10.1 Å². The Hall–Kier alpha value is -2.41. The summed E-state index contributed by atoms with van der Waals surface area (Å²) in [6.07, 6.45) is 1.36.